The van der Waals surface area contributed by atoms with Crippen LogP contribution >= 0.6 is 0 Å². The fourth-order valence-electron chi connectivity index (χ4n) is 2.66. The molecule has 1 saturated heterocycles. The SMILES string of the molecule is COc1cccc([C@@H](C)CC(=O)N2CCNC[C@H]2C)c1. The molecule has 1 N–H and O–H groups in total. The molecule has 0 bridgehead atoms. The highest BCUT2D eigenvalue weighted by Gasteiger charge is 2.24. The number of benzene rings is 1. The second-order valence-corrected chi connectivity index (χ2v) is 5.52. The smallest absolute Gasteiger partial charge is 0.223 e. The Bertz CT molecular complexity index is 462. The van der Waals surface area contributed by atoms with E-state index in [1.54, 1.807) is 7.11 Å². The van der Waals surface area contributed by atoms with Crippen molar-refractivity contribution in [1.82, 2.24) is 10.2 Å². The van der Waals surface area contributed by atoms with E-state index in [1.165, 1.54) is 0 Å². The quantitative estimate of drug-likeness (QED) is 0.914. The van der Waals surface area contributed by atoms with Crippen molar-refractivity contribution in [3.05, 3.63) is 29.8 Å². The van der Waals surface area contributed by atoms with E-state index in [4.69, 9.17) is 4.74 Å². The highest BCUT2D eigenvalue weighted by Crippen LogP contribution is 2.24. The lowest BCUT2D eigenvalue weighted by molar-refractivity contribution is -0.134. The summed E-state index contributed by atoms with van der Waals surface area (Å²) in [5, 5.41) is 3.31. The van der Waals surface area contributed by atoms with Crippen LogP contribution in [-0.2, 0) is 4.79 Å². The van der Waals surface area contributed by atoms with Crippen LogP contribution in [-0.4, -0.2) is 43.6 Å². The summed E-state index contributed by atoms with van der Waals surface area (Å²) in [6.07, 6.45) is 0.553. The number of amides is 1. The van der Waals surface area contributed by atoms with Crippen molar-refractivity contribution in [3.63, 3.8) is 0 Å². The van der Waals surface area contributed by atoms with Crippen molar-refractivity contribution in [1.29, 1.82) is 0 Å². The molecule has 4 nitrogen and oxygen atoms in total. The van der Waals surface area contributed by atoms with Crippen molar-refractivity contribution >= 4 is 5.91 Å². The van der Waals surface area contributed by atoms with Gasteiger partial charge in [-0.15, -0.1) is 0 Å². The zero-order valence-electron chi connectivity index (χ0n) is 12.6. The molecule has 0 aliphatic carbocycles. The summed E-state index contributed by atoms with van der Waals surface area (Å²) in [4.78, 5) is 14.4. The first-order valence-corrected chi connectivity index (χ1v) is 7.26. The van der Waals surface area contributed by atoms with Gasteiger partial charge in [0.15, 0.2) is 0 Å². The van der Waals surface area contributed by atoms with Gasteiger partial charge in [-0.25, -0.2) is 0 Å². The Balaban J connectivity index is 1.99. The first-order valence-electron chi connectivity index (χ1n) is 7.26. The van der Waals surface area contributed by atoms with Crippen molar-refractivity contribution < 1.29 is 9.53 Å². The number of ether oxygens (including phenoxy) is 1. The van der Waals surface area contributed by atoms with E-state index in [2.05, 4.69) is 25.2 Å². The summed E-state index contributed by atoms with van der Waals surface area (Å²) in [5.74, 6) is 1.30. The van der Waals surface area contributed by atoms with E-state index in [9.17, 15) is 4.79 Å². The molecule has 2 atom stereocenters. The average molecular weight is 276 g/mol. The molecule has 1 fully saturated rings. The van der Waals surface area contributed by atoms with Crippen LogP contribution in [0.5, 0.6) is 5.75 Å². The van der Waals surface area contributed by atoms with Crippen LogP contribution in [0.15, 0.2) is 24.3 Å². The molecule has 2 rings (SSSR count). The summed E-state index contributed by atoms with van der Waals surface area (Å²) in [6, 6.07) is 8.26. The van der Waals surface area contributed by atoms with E-state index in [-0.39, 0.29) is 17.9 Å². The van der Waals surface area contributed by atoms with Gasteiger partial charge in [-0.1, -0.05) is 19.1 Å². The molecule has 0 radical (unpaired) electrons. The molecule has 1 heterocycles. The first kappa shape index (κ1) is 14.9. The van der Waals surface area contributed by atoms with Crippen molar-refractivity contribution in [2.75, 3.05) is 26.7 Å². The topological polar surface area (TPSA) is 41.6 Å². The molecule has 0 saturated carbocycles. The van der Waals surface area contributed by atoms with Gasteiger partial charge in [0.25, 0.3) is 0 Å². The molecule has 1 aromatic rings. The molecule has 20 heavy (non-hydrogen) atoms. The zero-order valence-corrected chi connectivity index (χ0v) is 12.6. The number of carbonyl (C=O) groups is 1. The predicted octanol–water partition coefficient (Wildman–Crippen LogP) is 2.01. The van der Waals surface area contributed by atoms with Crippen LogP contribution in [0.25, 0.3) is 0 Å². The van der Waals surface area contributed by atoms with Crippen LogP contribution in [0.1, 0.15) is 31.7 Å². The Morgan fingerprint density at radius 3 is 3.05 bits per heavy atom. The van der Waals surface area contributed by atoms with Crippen LogP contribution in [0.2, 0.25) is 0 Å². The Morgan fingerprint density at radius 2 is 2.35 bits per heavy atom. The Hall–Kier alpha value is -1.55. The summed E-state index contributed by atoms with van der Waals surface area (Å²) in [5.41, 5.74) is 1.15. The number of hydrogen-bond donors (Lipinski definition) is 1. The van der Waals surface area contributed by atoms with Gasteiger partial charge in [0, 0.05) is 32.1 Å². The number of methoxy groups -OCH3 is 1. The minimum absolute atomic E-state index is 0.208. The fraction of sp³-hybridized carbons (Fsp3) is 0.562. The zero-order chi connectivity index (χ0) is 14.5. The van der Waals surface area contributed by atoms with Gasteiger partial charge in [0.1, 0.15) is 5.75 Å². The van der Waals surface area contributed by atoms with E-state index in [1.807, 2.05) is 23.1 Å². The van der Waals surface area contributed by atoms with Crippen LogP contribution in [0.4, 0.5) is 0 Å². The van der Waals surface area contributed by atoms with Gasteiger partial charge >= 0.3 is 0 Å². The Labute approximate surface area is 121 Å². The summed E-state index contributed by atoms with van der Waals surface area (Å²) < 4.78 is 5.24. The largest absolute Gasteiger partial charge is 0.497 e. The highest BCUT2D eigenvalue weighted by molar-refractivity contribution is 5.77. The van der Waals surface area contributed by atoms with Crippen molar-refractivity contribution in [3.8, 4) is 5.75 Å². The maximum Gasteiger partial charge on any atom is 0.223 e. The molecule has 1 aliphatic heterocycles. The maximum absolute atomic E-state index is 12.4. The Kier molecular flexibility index (Phi) is 5.01. The first-order chi connectivity index (χ1) is 9.61. The number of nitrogens with one attached hydrogen (secondary N) is 1. The summed E-state index contributed by atoms with van der Waals surface area (Å²) in [6.45, 7) is 6.79. The number of hydrogen-bond acceptors (Lipinski definition) is 3. The van der Waals surface area contributed by atoms with E-state index >= 15 is 0 Å². The molecule has 1 aliphatic rings. The number of piperazine rings is 1. The normalized spacial score (nSPS) is 20.6. The lowest BCUT2D eigenvalue weighted by atomic mass is 9.96. The molecule has 110 valence electrons. The third-order valence-electron chi connectivity index (χ3n) is 3.97. The van der Waals surface area contributed by atoms with Crippen LogP contribution in [0, 0.1) is 0 Å². The van der Waals surface area contributed by atoms with E-state index < -0.39 is 0 Å². The highest BCUT2D eigenvalue weighted by atomic mass is 16.5. The lowest BCUT2D eigenvalue weighted by Crippen LogP contribution is -2.52. The summed E-state index contributed by atoms with van der Waals surface area (Å²) >= 11 is 0. The van der Waals surface area contributed by atoms with E-state index in [0.29, 0.717) is 6.42 Å². The maximum atomic E-state index is 12.4. The van der Waals surface area contributed by atoms with Gasteiger partial charge in [-0.05, 0) is 30.5 Å². The van der Waals surface area contributed by atoms with Crippen LogP contribution < -0.4 is 10.1 Å². The summed E-state index contributed by atoms with van der Waals surface area (Å²) in [7, 11) is 1.66. The number of nitrogens with zero attached hydrogens (tertiary/aromatic N) is 1. The molecule has 1 amide bonds. The van der Waals surface area contributed by atoms with Gasteiger partial charge in [-0.2, -0.15) is 0 Å². The molecule has 1 aromatic carbocycles. The third kappa shape index (κ3) is 3.51. The van der Waals surface area contributed by atoms with Gasteiger partial charge in [0.2, 0.25) is 5.91 Å². The monoisotopic (exact) mass is 276 g/mol. The Morgan fingerprint density at radius 1 is 1.55 bits per heavy atom. The molecule has 4 heteroatoms. The van der Waals surface area contributed by atoms with Gasteiger partial charge < -0.3 is 15.0 Å². The van der Waals surface area contributed by atoms with Crippen molar-refractivity contribution in [2.45, 2.75) is 32.2 Å². The molecule has 0 spiro atoms. The van der Waals surface area contributed by atoms with Gasteiger partial charge in [-0.3, -0.25) is 4.79 Å². The van der Waals surface area contributed by atoms with Crippen LogP contribution in [0.3, 0.4) is 0 Å². The molecule has 0 unspecified atom stereocenters. The lowest BCUT2D eigenvalue weighted by Gasteiger charge is -2.34. The number of carbonyl (C=O) groups excluding carboxylic acids is 1. The second kappa shape index (κ2) is 6.75. The average Bonchev–Trinajstić information content (AvgIpc) is 2.47. The predicted molar refractivity (Wildman–Crippen MR) is 80.1 cm³/mol. The van der Waals surface area contributed by atoms with Gasteiger partial charge in [0.05, 0.1) is 7.11 Å². The minimum atomic E-state index is 0.208. The number of rotatable bonds is 4. The van der Waals surface area contributed by atoms with E-state index in [0.717, 1.165) is 30.9 Å². The fourth-order valence-corrected chi connectivity index (χ4v) is 2.66. The minimum Gasteiger partial charge on any atom is -0.497 e. The third-order valence-corrected chi connectivity index (χ3v) is 3.97. The molecular formula is C16H24N2O2. The molecule has 0 aromatic heterocycles. The van der Waals surface area contributed by atoms with Crippen molar-refractivity contribution in [2.24, 2.45) is 0 Å². The second-order valence-electron chi connectivity index (χ2n) is 5.52. The molecular weight excluding hydrogens is 252 g/mol. The standard InChI is InChI=1S/C16H24N2O2/c1-12(14-5-4-6-15(10-14)20-3)9-16(19)18-8-7-17-11-13(18)2/h4-6,10,12-13,17H,7-9,11H2,1-3H3/t12-,13+/m0/s1.